The number of nitrogens with two attached hydrogens (primary N) is 2. The van der Waals surface area contributed by atoms with Gasteiger partial charge in [0.05, 0.1) is 31.7 Å². The second-order valence-electron chi connectivity index (χ2n) is 4.22. The van der Waals surface area contributed by atoms with Crippen molar-refractivity contribution in [3.8, 4) is 11.5 Å². The van der Waals surface area contributed by atoms with Crippen molar-refractivity contribution in [1.82, 2.24) is 4.98 Å². The molecule has 0 aliphatic carbocycles. The van der Waals surface area contributed by atoms with Crippen LogP contribution in [0.5, 0.6) is 11.5 Å². The van der Waals surface area contributed by atoms with Crippen LogP contribution in [0.2, 0.25) is 0 Å². The second kappa shape index (κ2) is 6.00. The first-order chi connectivity index (χ1) is 10.0. The summed E-state index contributed by atoms with van der Waals surface area (Å²) in [6.07, 6.45) is 1.38. The van der Waals surface area contributed by atoms with Crippen molar-refractivity contribution >= 4 is 23.1 Å². The highest BCUT2D eigenvalue weighted by molar-refractivity contribution is 5.98. The summed E-state index contributed by atoms with van der Waals surface area (Å²) in [6.45, 7) is 0. The lowest BCUT2D eigenvalue weighted by Crippen LogP contribution is -2.14. The van der Waals surface area contributed by atoms with Crippen molar-refractivity contribution < 1.29 is 14.3 Å². The Morgan fingerprint density at radius 2 is 1.90 bits per heavy atom. The number of benzene rings is 1. The molecule has 1 aromatic carbocycles. The van der Waals surface area contributed by atoms with Gasteiger partial charge in [-0.3, -0.25) is 4.79 Å². The smallest absolute Gasteiger partial charge is 0.250 e. The number of hydrogen-bond acceptors (Lipinski definition) is 6. The number of amides is 1. The van der Waals surface area contributed by atoms with Crippen LogP contribution >= 0.6 is 0 Å². The molecular weight excluding hydrogens is 272 g/mol. The van der Waals surface area contributed by atoms with E-state index < -0.39 is 5.91 Å². The summed E-state index contributed by atoms with van der Waals surface area (Å²) < 4.78 is 10.4. The zero-order valence-corrected chi connectivity index (χ0v) is 11.7. The zero-order chi connectivity index (χ0) is 15.4. The maximum Gasteiger partial charge on any atom is 0.250 e. The topological polar surface area (TPSA) is 112 Å². The molecule has 2 aromatic rings. The molecule has 0 aliphatic heterocycles. The third-order valence-corrected chi connectivity index (χ3v) is 2.86. The maximum absolute atomic E-state index is 11.3. The molecular formula is C14H16N4O3. The van der Waals surface area contributed by atoms with Crippen molar-refractivity contribution in [2.24, 2.45) is 5.73 Å². The van der Waals surface area contributed by atoms with Gasteiger partial charge in [0.25, 0.3) is 5.91 Å². The van der Waals surface area contributed by atoms with Crippen LogP contribution in [0.1, 0.15) is 10.4 Å². The number of carbonyl (C=O) groups is 1. The fourth-order valence-electron chi connectivity index (χ4n) is 1.81. The van der Waals surface area contributed by atoms with Gasteiger partial charge in [0.2, 0.25) is 0 Å². The van der Waals surface area contributed by atoms with E-state index in [1.165, 1.54) is 12.3 Å². The lowest BCUT2D eigenvalue weighted by atomic mass is 10.2. The van der Waals surface area contributed by atoms with E-state index in [0.29, 0.717) is 17.3 Å². The van der Waals surface area contributed by atoms with E-state index in [1.807, 2.05) is 0 Å². The number of hydrogen-bond donors (Lipinski definition) is 3. The number of pyridine rings is 1. The number of methoxy groups -OCH3 is 2. The summed E-state index contributed by atoms with van der Waals surface area (Å²) in [5.41, 5.74) is 12.1. The average molecular weight is 288 g/mol. The molecule has 2 rings (SSSR count). The summed E-state index contributed by atoms with van der Waals surface area (Å²) >= 11 is 0. The molecule has 0 bridgehead atoms. The number of ether oxygens (including phenoxy) is 2. The molecule has 1 aromatic heterocycles. The Bertz CT molecular complexity index is 673. The standard InChI is InChI=1S/C14H16N4O3/c1-20-11-4-3-8(5-12(11)21-2)18-13-6-9(14(16)19)10(15)7-17-13/h3-7H,15H2,1-2H3,(H2,16,19)(H,17,18). The Hall–Kier alpha value is -2.96. The molecule has 0 saturated carbocycles. The first kappa shape index (κ1) is 14.4. The minimum Gasteiger partial charge on any atom is -0.493 e. The van der Waals surface area contributed by atoms with Gasteiger partial charge >= 0.3 is 0 Å². The number of primary amides is 1. The fourth-order valence-corrected chi connectivity index (χ4v) is 1.81. The number of anilines is 3. The molecule has 1 amide bonds. The lowest BCUT2D eigenvalue weighted by molar-refractivity contribution is 0.100. The van der Waals surface area contributed by atoms with Gasteiger partial charge in [-0.15, -0.1) is 0 Å². The van der Waals surface area contributed by atoms with Crippen LogP contribution < -0.4 is 26.3 Å². The summed E-state index contributed by atoms with van der Waals surface area (Å²) in [5, 5.41) is 3.04. The Balaban J connectivity index is 2.30. The van der Waals surface area contributed by atoms with E-state index in [2.05, 4.69) is 10.3 Å². The third kappa shape index (κ3) is 3.14. The zero-order valence-electron chi connectivity index (χ0n) is 11.7. The summed E-state index contributed by atoms with van der Waals surface area (Å²) in [5.74, 6) is 1.04. The molecule has 0 fully saturated rings. The Labute approximate surface area is 121 Å². The molecule has 0 aliphatic rings. The molecule has 110 valence electrons. The summed E-state index contributed by atoms with van der Waals surface area (Å²) in [6, 6.07) is 6.80. The van der Waals surface area contributed by atoms with Gasteiger partial charge in [-0.25, -0.2) is 4.98 Å². The van der Waals surface area contributed by atoms with Crippen LogP contribution in [0, 0.1) is 0 Å². The van der Waals surface area contributed by atoms with Crippen LogP contribution in [0.15, 0.2) is 30.5 Å². The van der Waals surface area contributed by atoms with Crippen LogP contribution in [-0.4, -0.2) is 25.1 Å². The Morgan fingerprint density at radius 3 is 2.52 bits per heavy atom. The molecule has 21 heavy (non-hydrogen) atoms. The normalized spacial score (nSPS) is 10.0. The van der Waals surface area contributed by atoms with Crippen molar-refractivity contribution in [3.63, 3.8) is 0 Å². The number of rotatable bonds is 5. The average Bonchev–Trinajstić information content (AvgIpc) is 2.48. The molecule has 5 N–H and O–H groups in total. The number of nitrogens with zero attached hydrogens (tertiary/aromatic N) is 1. The predicted octanol–water partition coefficient (Wildman–Crippen LogP) is 1.52. The minimum atomic E-state index is -0.606. The van der Waals surface area contributed by atoms with Crippen molar-refractivity contribution in [2.75, 3.05) is 25.3 Å². The van der Waals surface area contributed by atoms with Crippen LogP contribution in [0.3, 0.4) is 0 Å². The quantitative estimate of drug-likeness (QED) is 0.769. The summed E-state index contributed by atoms with van der Waals surface area (Å²) in [4.78, 5) is 15.4. The minimum absolute atomic E-state index is 0.216. The lowest BCUT2D eigenvalue weighted by Gasteiger charge is -2.11. The fraction of sp³-hybridized carbons (Fsp3) is 0.143. The highest BCUT2D eigenvalue weighted by Crippen LogP contribution is 2.31. The molecule has 0 unspecified atom stereocenters. The second-order valence-corrected chi connectivity index (χ2v) is 4.22. The molecule has 0 saturated heterocycles. The van der Waals surface area contributed by atoms with E-state index in [-0.39, 0.29) is 11.3 Å². The van der Waals surface area contributed by atoms with Gasteiger partial charge in [0, 0.05) is 11.8 Å². The van der Waals surface area contributed by atoms with Gasteiger partial charge in [-0.2, -0.15) is 0 Å². The van der Waals surface area contributed by atoms with Crippen LogP contribution in [0.4, 0.5) is 17.2 Å². The summed E-state index contributed by atoms with van der Waals surface area (Å²) in [7, 11) is 3.11. The molecule has 0 radical (unpaired) electrons. The van der Waals surface area contributed by atoms with Gasteiger partial charge in [0.15, 0.2) is 11.5 Å². The Kier molecular flexibility index (Phi) is 4.13. The molecule has 7 heteroatoms. The van der Waals surface area contributed by atoms with Gasteiger partial charge in [-0.05, 0) is 18.2 Å². The SMILES string of the molecule is COc1ccc(Nc2cc(C(N)=O)c(N)cn2)cc1OC. The van der Waals surface area contributed by atoms with E-state index in [9.17, 15) is 4.79 Å². The van der Waals surface area contributed by atoms with Crippen LogP contribution in [0.25, 0.3) is 0 Å². The van der Waals surface area contributed by atoms with Gasteiger partial charge in [0.1, 0.15) is 5.82 Å². The predicted molar refractivity (Wildman–Crippen MR) is 80.0 cm³/mol. The third-order valence-electron chi connectivity index (χ3n) is 2.86. The van der Waals surface area contributed by atoms with Gasteiger partial charge < -0.3 is 26.3 Å². The monoisotopic (exact) mass is 288 g/mol. The van der Waals surface area contributed by atoms with E-state index in [0.717, 1.165) is 5.69 Å². The van der Waals surface area contributed by atoms with Crippen molar-refractivity contribution in [1.29, 1.82) is 0 Å². The van der Waals surface area contributed by atoms with E-state index >= 15 is 0 Å². The van der Waals surface area contributed by atoms with Crippen molar-refractivity contribution in [3.05, 3.63) is 36.0 Å². The van der Waals surface area contributed by atoms with Crippen LogP contribution in [-0.2, 0) is 0 Å². The highest BCUT2D eigenvalue weighted by Gasteiger charge is 2.09. The number of aromatic nitrogens is 1. The molecule has 7 nitrogen and oxygen atoms in total. The molecule has 0 atom stereocenters. The maximum atomic E-state index is 11.3. The highest BCUT2D eigenvalue weighted by atomic mass is 16.5. The number of nitrogen functional groups attached to an aromatic ring is 1. The van der Waals surface area contributed by atoms with E-state index in [1.54, 1.807) is 32.4 Å². The largest absolute Gasteiger partial charge is 0.493 e. The number of carbonyl (C=O) groups excluding carboxylic acids is 1. The Morgan fingerprint density at radius 1 is 1.19 bits per heavy atom. The van der Waals surface area contributed by atoms with Crippen molar-refractivity contribution in [2.45, 2.75) is 0 Å². The first-order valence-electron chi connectivity index (χ1n) is 6.09. The molecule has 1 heterocycles. The first-order valence-corrected chi connectivity index (χ1v) is 6.09. The number of nitrogens with one attached hydrogen (secondary N) is 1. The van der Waals surface area contributed by atoms with Gasteiger partial charge in [-0.1, -0.05) is 0 Å². The van der Waals surface area contributed by atoms with E-state index in [4.69, 9.17) is 20.9 Å². The molecule has 0 spiro atoms.